The van der Waals surface area contributed by atoms with Crippen LogP contribution in [-0.2, 0) is 17.7 Å². The highest BCUT2D eigenvalue weighted by molar-refractivity contribution is 7.16. The van der Waals surface area contributed by atoms with E-state index in [9.17, 15) is 18.0 Å². The number of anilines is 1. The summed E-state index contributed by atoms with van der Waals surface area (Å²) >= 11 is 1.03. The van der Waals surface area contributed by atoms with E-state index in [0.717, 1.165) is 18.3 Å². The number of carbonyl (C=O) groups is 1. The van der Waals surface area contributed by atoms with Crippen LogP contribution in [0.3, 0.4) is 0 Å². The molecule has 0 spiro atoms. The molecule has 1 unspecified atom stereocenters. The van der Waals surface area contributed by atoms with Crippen LogP contribution in [0, 0.1) is 24.2 Å². The van der Waals surface area contributed by atoms with Crippen LogP contribution < -0.4 is 4.90 Å². The molecular formula is C18H18F3N3O2S. The molecule has 0 fully saturated rings. The van der Waals surface area contributed by atoms with Gasteiger partial charge in [0.2, 0.25) is 0 Å². The van der Waals surface area contributed by atoms with Crippen molar-refractivity contribution in [3.63, 3.8) is 0 Å². The van der Waals surface area contributed by atoms with Gasteiger partial charge in [0.1, 0.15) is 5.00 Å². The minimum absolute atomic E-state index is 0.111. The lowest BCUT2D eigenvalue weighted by Gasteiger charge is -2.20. The lowest BCUT2D eigenvalue weighted by Crippen LogP contribution is -2.30. The number of methoxy groups -OCH3 is 1. The van der Waals surface area contributed by atoms with E-state index in [1.807, 2.05) is 6.07 Å². The first kappa shape index (κ1) is 20.7. The monoisotopic (exact) mass is 397 g/mol. The molecule has 0 radical (unpaired) electrons. The summed E-state index contributed by atoms with van der Waals surface area (Å²) in [7, 11) is 1.23. The van der Waals surface area contributed by atoms with E-state index in [1.54, 1.807) is 31.2 Å². The number of benzene rings is 1. The van der Waals surface area contributed by atoms with E-state index in [0.29, 0.717) is 26.8 Å². The fourth-order valence-electron chi connectivity index (χ4n) is 2.41. The molecule has 0 bridgehead atoms. The average molecular weight is 397 g/mol. The molecule has 0 N–H and O–H groups in total. The Hall–Kier alpha value is -2.60. The summed E-state index contributed by atoms with van der Waals surface area (Å²) in [6, 6.07) is 8.74. The summed E-state index contributed by atoms with van der Waals surface area (Å²) in [5.41, 5.74) is 1.58. The Bertz CT molecular complexity index is 858. The molecule has 1 heterocycles. The van der Waals surface area contributed by atoms with E-state index in [1.165, 1.54) is 12.0 Å². The fraction of sp³-hybridized carbons (Fsp3) is 0.389. The summed E-state index contributed by atoms with van der Waals surface area (Å²) in [6.07, 6.45) is -5.22. The molecule has 0 aliphatic carbocycles. The van der Waals surface area contributed by atoms with Crippen molar-refractivity contribution < 1.29 is 22.7 Å². The van der Waals surface area contributed by atoms with Gasteiger partial charge in [0.15, 0.2) is 0 Å². The van der Waals surface area contributed by atoms with Gasteiger partial charge >= 0.3 is 12.3 Å². The van der Waals surface area contributed by atoms with E-state index < -0.39 is 18.2 Å². The van der Waals surface area contributed by atoms with Crippen molar-refractivity contribution in [1.29, 1.82) is 5.26 Å². The van der Waals surface area contributed by atoms with Crippen molar-refractivity contribution in [3.05, 3.63) is 46.1 Å². The Labute approximate surface area is 159 Å². The van der Waals surface area contributed by atoms with Gasteiger partial charge in [-0.2, -0.15) is 18.4 Å². The number of aromatic nitrogens is 1. The molecule has 0 saturated carbocycles. The first-order chi connectivity index (χ1) is 12.7. The number of rotatable bonds is 5. The van der Waals surface area contributed by atoms with Crippen LogP contribution in [0.1, 0.15) is 28.8 Å². The largest absolute Gasteiger partial charge is 0.452 e. The van der Waals surface area contributed by atoms with E-state index in [4.69, 9.17) is 10.00 Å². The second-order valence-electron chi connectivity index (χ2n) is 6.01. The zero-order valence-corrected chi connectivity index (χ0v) is 15.8. The Morgan fingerprint density at radius 1 is 1.44 bits per heavy atom. The SMILES string of the molecule is COC(=O)N(Cc1cccc(C#N)c1)c1sc(CC(C)C(F)(F)F)nc1C. The molecule has 144 valence electrons. The maximum atomic E-state index is 12.8. The molecule has 2 aromatic rings. The summed E-state index contributed by atoms with van der Waals surface area (Å²) < 4.78 is 43.2. The Morgan fingerprint density at radius 2 is 2.15 bits per heavy atom. The smallest absolute Gasteiger partial charge is 0.415 e. The number of alkyl halides is 3. The molecule has 9 heteroatoms. The van der Waals surface area contributed by atoms with Crippen LogP contribution in [0.4, 0.5) is 23.0 Å². The van der Waals surface area contributed by atoms with Crippen LogP contribution in [0.5, 0.6) is 0 Å². The molecule has 1 aromatic heterocycles. The van der Waals surface area contributed by atoms with Gasteiger partial charge in [0.25, 0.3) is 0 Å². The molecule has 27 heavy (non-hydrogen) atoms. The first-order valence-corrected chi connectivity index (χ1v) is 8.85. The number of thiazole rings is 1. The number of ether oxygens (including phenoxy) is 1. The van der Waals surface area contributed by atoms with E-state index >= 15 is 0 Å². The molecule has 1 aromatic carbocycles. The third-order valence-electron chi connectivity index (χ3n) is 3.89. The first-order valence-electron chi connectivity index (χ1n) is 8.03. The molecule has 2 rings (SSSR count). The van der Waals surface area contributed by atoms with Gasteiger partial charge in [-0.25, -0.2) is 9.78 Å². The molecule has 0 aliphatic heterocycles. The predicted octanol–water partition coefficient (Wildman–Crippen LogP) is 4.84. The molecular weight excluding hydrogens is 379 g/mol. The number of nitriles is 1. The van der Waals surface area contributed by atoms with Crippen molar-refractivity contribution in [3.8, 4) is 6.07 Å². The van der Waals surface area contributed by atoms with Gasteiger partial charge < -0.3 is 4.74 Å². The molecule has 1 amide bonds. The second kappa shape index (κ2) is 8.39. The van der Waals surface area contributed by atoms with Gasteiger partial charge in [-0.15, -0.1) is 11.3 Å². The highest BCUT2D eigenvalue weighted by Crippen LogP contribution is 2.34. The topological polar surface area (TPSA) is 66.2 Å². The number of carbonyl (C=O) groups excluding carboxylic acids is 1. The van der Waals surface area contributed by atoms with Gasteiger partial charge in [-0.3, -0.25) is 4.90 Å². The summed E-state index contributed by atoms with van der Waals surface area (Å²) in [6.45, 7) is 2.84. The van der Waals surface area contributed by atoms with Gasteiger partial charge in [0.05, 0.1) is 41.9 Å². The summed E-state index contributed by atoms with van der Waals surface area (Å²) in [5, 5.41) is 9.73. The highest BCUT2D eigenvalue weighted by atomic mass is 32.1. The van der Waals surface area contributed by atoms with E-state index in [2.05, 4.69) is 4.98 Å². The molecule has 0 saturated heterocycles. The van der Waals surface area contributed by atoms with Gasteiger partial charge in [-0.1, -0.05) is 19.1 Å². The average Bonchev–Trinajstić information content (AvgIpc) is 2.98. The molecule has 0 aliphatic rings. The second-order valence-corrected chi connectivity index (χ2v) is 7.08. The lowest BCUT2D eigenvalue weighted by atomic mass is 10.1. The third-order valence-corrected chi connectivity index (χ3v) is 5.10. The van der Waals surface area contributed by atoms with Crippen molar-refractivity contribution in [1.82, 2.24) is 4.98 Å². The Morgan fingerprint density at radius 3 is 2.74 bits per heavy atom. The maximum absolute atomic E-state index is 12.8. The number of aryl methyl sites for hydroxylation is 1. The zero-order chi connectivity index (χ0) is 20.2. The Balaban J connectivity index is 2.31. The fourth-order valence-corrected chi connectivity index (χ4v) is 3.59. The Kier molecular flexibility index (Phi) is 6.44. The van der Waals surface area contributed by atoms with Crippen molar-refractivity contribution >= 4 is 22.4 Å². The van der Waals surface area contributed by atoms with Crippen molar-refractivity contribution in [2.24, 2.45) is 5.92 Å². The number of nitrogens with zero attached hydrogens (tertiary/aromatic N) is 3. The normalized spacial score (nSPS) is 12.3. The van der Waals surface area contributed by atoms with Crippen molar-refractivity contribution in [2.75, 3.05) is 12.0 Å². The minimum Gasteiger partial charge on any atom is -0.452 e. The van der Waals surface area contributed by atoms with Crippen LogP contribution in [0.25, 0.3) is 0 Å². The quantitative estimate of drug-likeness (QED) is 0.724. The predicted molar refractivity (Wildman–Crippen MR) is 95.5 cm³/mol. The van der Waals surface area contributed by atoms with Gasteiger partial charge in [-0.05, 0) is 24.6 Å². The zero-order valence-electron chi connectivity index (χ0n) is 15.0. The van der Waals surface area contributed by atoms with Crippen molar-refractivity contribution in [2.45, 2.75) is 33.0 Å². The minimum atomic E-state index is -4.31. The number of halogens is 3. The summed E-state index contributed by atoms with van der Waals surface area (Å²) in [4.78, 5) is 17.8. The van der Waals surface area contributed by atoms with Crippen LogP contribution >= 0.6 is 11.3 Å². The maximum Gasteiger partial charge on any atom is 0.415 e. The lowest BCUT2D eigenvalue weighted by molar-refractivity contribution is -0.169. The summed E-state index contributed by atoms with van der Waals surface area (Å²) in [5.74, 6) is -1.53. The molecule has 5 nitrogen and oxygen atoms in total. The van der Waals surface area contributed by atoms with Crippen LogP contribution in [-0.4, -0.2) is 24.4 Å². The van der Waals surface area contributed by atoms with Gasteiger partial charge in [0, 0.05) is 6.42 Å². The number of hydrogen-bond donors (Lipinski definition) is 0. The van der Waals surface area contributed by atoms with Crippen LogP contribution in [0.2, 0.25) is 0 Å². The highest BCUT2D eigenvalue weighted by Gasteiger charge is 2.36. The van der Waals surface area contributed by atoms with Crippen LogP contribution in [0.15, 0.2) is 24.3 Å². The number of amides is 1. The third kappa shape index (κ3) is 5.20. The standard InChI is InChI=1S/C18H18F3N3O2S/c1-11(18(19,20)21)7-15-23-12(2)16(27-15)24(17(25)26-3)10-14-6-4-5-13(8-14)9-22/h4-6,8,11H,7,10H2,1-3H3. The molecule has 1 atom stereocenters. The van der Waals surface area contributed by atoms with E-state index in [-0.39, 0.29) is 13.0 Å². The number of hydrogen-bond acceptors (Lipinski definition) is 5.